The number of aliphatic hydroxyl groups is 1. The van der Waals surface area contributed by atoms with Gasteiger partial charge in [-0.2, -0.15) is 13.2 Å². The molecule has 0 bridgehead atoms. The van der Waals surface area contributed by atoms with E-state index in [1.165, 1.54) is 29.8 Å². The molecule has 1 amide bonds. The van der Waals surface area contributed by atoms with E-state index in [1.807, 2.05) is 12.1 Å². The number of rotatable bonds is 4. The van der Waals surface area contributed by atoms with Gasteiger partial charge in [0.25, 0.3) is 5.91 Å². The van der Waals surface area contributed by atoms with Gasteiger partial charge in [-0.15, -0.1) is 5.10 Å². The third-order valence-electron chi connectivity index (χ3n) is 6.40. The standard InChI is InChI=1S/C25H26F3N5O4/c1-14-12-15(25(26,27)28)13-19(29-14)33-17(9-11-34)21-22(37-24(2,3)36-21)20(33)23(35)31(4)18-8-7-16-6-5-10-32(16)30-18/h5-10,12-13,20-22,34H,11H2,1-4H3/t20-,21-,22-/m0/s1. The first kappa shape index (κ1) is 25.2. The summed E-state index contributed by atoms with van der Waals surface area (Å²) in [5, 5.41) is 14.2. The highest BCUT2D eigenvalue weighted by Gasteiger charge is 2.59. The van der Waals surface area contributed by atoms with Gasteiger partial charge in [-0.05, 0) is 63.2 Å². The summed E-state index contributed by atoms with van der Waals surface area (Å²) >= 11 is 0. The number of carbonyl (C=O) groups is 1. The van der Waals surface area contributed by atoms with Gasteiger partial charge in [0.15, 0.2) is 11.6 Å². The zero-order valence-electron chi connectivity index (χ0n) is 20.6. The lowest BCUT2D eigenvalue weighted by Gasteiger charge is -2.33. The number of likely N-dealkylation sites (N-methyl/N-ethyl adjacent to an activating group) is 1. The van der Waals surface area contributed by atoms with Gasteiger partial charge in [-0.3, -0.25) is 9.69 Å². The van der Waals surface area contributed by atoms with Crippen molar-refractivity contribution in [2.75, 3.05) is 23.5 Å². The van der Waals surface area contributed by atoms with Gasteiger partial charge in [0.2, 0.25) is 0 Å². The summed E-state index contributed by atoms with van der Waals surface area (Å²) in [7, 11) is 1.53. The quantitative estimate of drug-likeness (QED) is 0.568. The van der Waals surface area contributed by atoms with Crippen molar-refractivity contribution in [1.29, 1.82) is 0 Å². The SMILES string of the molecule is Cc1cc(C(F)(F)F)cc(N2C(=CCO)[C@@H]3OC(C)(C)O[C@H]3[C@H]2C(=O)N(C)c2ccc3cccn3n2)n1. The van der Waals surface area contributed by atoms with Crippen LogP contribution in [-0.2, 0) is 20.4 Å². The van der Waals surface area contributed by atoms with E-state index in [9.17, 15) is 23.1 Å². The van der Waals surface area contributed by atoms with Crippen molar-refractivity contribution in [2.24, 2.45) is 0 Å². The molecular formula is C25H26F3N5O4. The van der Waals surface area contributed by atoms with Crippen molar-refractivity contribution in [2.45, 2.75) is 51.0 Å². The Bertz CT molecular complexity index is 1390. The van der Waals surface area contributed by atoms with E-state index in [2.05, 4.69) is 10.1 Å². The lowest BCUT2D eigenvalue weighted by atomic mass is 10.1. The van der Waals surface area contributed by atoms with E-state index >= 15 is 0 Å². The van der Waals surface area contributed by atoms with Gasteiger partial charge in [0.1, 0.15) is 24.1 Å². The van der Waals surface area contributed by atoms with Crippen LogP contribution in [0.1, 0.15) is 25.1 Å². The molecule has 12 heteroatoms. The highest BCUT2D eigenvalue weighted by molar-refractivity contribution is 6.00. The Kier molecular flexibility index (Phi) is 6.00. The highest BCUT2D eigenvalue weighted by atomic mass is 19.4. The van der Waals surface area contributed by atoms with Crippen LogP contribution in [0.5, 0.6) is 0 Å². The van der Waals surface area contributed by atoms with Crippen molar-refractivity contribution in [3.8, 4) is 0 Å². The Balaban J connectivity index is 1.63. The van der Waals surface area contributed by atoms with Crippen LogP contribution in [0, 0.1) is 6.92 Å². The molecular weight excluding hydrogens is 491 g/mol. The summed E-state index contributed by atoms with van der Waals surface area (Å²) in [6.07, 6.45) is -3.18. The maximum absolute atomic E-state index is 14.0. The minimum Gasteiger partial charge on any atom is -0.392 e. The molecule has 0 aromatic carbocycles. The Morgan fingerprint density at radius 2 is 2.00 bits per heavy atom. The third-order valence-corrected chi connectivity index (χ3v) is 6.40. The molecule has 3 aromatic heterocycles. The number of anilines is 2. The van der Waals surface area contributed by atoms with Crippen LogP contribution >= 0.6 is 0 Å². The first-order valence-corrected chi connectivity index (χ1v) is 11.6. The number of aryl methyl sites for hydroxylation is 1. The summed E-state index contributed by atoms with van der Waals surface area (Å²) in [5.74, 6) is -1.33. The van der Waals surface area contributed by atoms with Crippen molar-refractivity contribution >= 4 is 23.1 Å². The van der Waals surface area contributed by atoms with E-state index in [-0.39, 0.29) is 11.5 Å². The maximum atomic E-state index is 14.0. The minimum absolute atomic E-state index is 0.105. The Morgan fingerprint density at radius 3 is 2.70 bits per heavy atom. The molecule has 3 atom stereocenters. The number of ether oxygens (including phenoxy) is 2. The number of carbonyl (C=O) groups excluding carboxylic acids is 1. The van der Waals surface area contributed by atoms with Gasteiger partial charge < -0.3 is 19.5 Å². The molecule has 5 rings (SSSR count). The van der Waals surface area contributed by atoms with Gasteiger partial charge in [-0.1, -0.05) is 0 Å². The smallest absolute Gasteiger partial charge is 0.392 e. The molecule has 2 aliphatic rings. The number of aromatic nitrogens is 3. The van der Waals surface area contributed by atoms with Gasteiger partial charge in [0, 0.05) is 18.9 Å². The molecule has 0 saturated carbocycles. The van der Waals surface area contributed by atoms with Crippen molar-refractivity contribution in [3.05, 3.63) is 65.6 Å². The largest absolute Gasteiger partial charge is 0.416 e. The summed E-state index contributed by atoms with van der Waals surface area (Å²) < 4.78 is 54.8. The molecule has 0 spiro atoms. The molecule has 1 N–H and O–H groups in total. The fraction of sp³-hybridized carbons (Fsp3) is 0.400. The molecule has 5 heterocycles. The van der Waals surface area contributed by atoms with E-state index < -0.39 is 48.3 Å². The van der Waals surface area contributed by atoms with Crippen LogP contribution in [0.25, 0.3) is 5.52 Å². The predicted molar refractivity (Wildman–Crippen MR) is 128 cm³/mol. The second-order valence-corrected chi connectivity index (χ2v) is 9.47. The Hall–Kier alpha value is -3.48. The lowest BCUT2D eigenvalue weighted by molar-refractivity contribution is -0.151. The predicted octanol–water partition coefficient (Wildman–Crippen LogP) is 3.30. The number of hydrogen-bond acceptors (Lipinski definition) is 7. The average molecular weight is 518 g/mol. The van der Waals surface area contributed by atoms with Gasteiger partial charge in [-0.25, -0.2) is 9.50 Å². The molecule has 0 aliphatic carbocycles. The highest BCUT2D eigenvalue weighted by Crippen LogP contribution is 2.45. The van der Waals surface area contributed by atoms with E-state index in [0.29, 0.717) is 11.5 Å². The zero-order chi connectivity index (χ0) is 26.7. The molecule has 3 aromatic rings. The Morgan fingerprint density at radius 1 is 1.24 bits per heavy atom. The lowest BCUT2D eigenvalue weighted by Crippen LogP contribution is -2.50. The monoisotopic (exact) mass is 517 g/mol. The number of nitrogens with zero attached hydrogens (tertiary/aromatic N) is 5. The average Bonchev–Trinajstić information content (AvgIpc) is 3.49. The van der Waals surface area contributed by atoms with Crippen LogP contribution in [0.15, 0.2) is 54.4 Å². The second-order valence-electron chi connectivity index (χ2n) is 9.47. The first-order chi connectivity index (χ1) is 17.4. The molecule has 37 heavy (non-hydrogen) atoms. The fourth-order valence-electron chi connectivity index (χ4n) is 4.87. The second kappa shape index (κ2) is 8.82. The topological polar surface area (TPSA) is 92.4 Å². The van der Waals surface area contributed by atoms with Crippen molar-refractivity contribution in [1.82, 2.24) is 14.6 Å². The summed E-state index contributed by atoms with van der Waals surface area (Å²) in [6.45, 7) is 4.39. The number of fused-ring (bicyclic) bond motifs is 2. The van der Waals surface area contributed by atoms with Crippen molar-refractivity contribution in [3.63, 3.8) is 0 Å². The minimum atomic E-state index is -4.62. The zero-order valence-corrected chi connectivity index (χ0v) is 20.6. The Labute approximate surface area is 210 Å². The molecule has 2 fully saturated rings. The number of hydrogen-bond donors (Lipinski definition) is 1. The van der Waals surface area contributed by atoms with Crippen LogP contribution in [-0.4, -0.2) is 63.3 Å². The van der Waals surface area contributed by atoms with E-state index in [4.69, 9.17) is 9.47 Å². The molecule has 0 radical (unpaired) electrons. The van der Waals surface area contributed by atoms with Gasteiger partial charge in [0.05, 0.1) is 23.4 Å². The fourth-order valence-corrected chi connectivity index (χ4v) is 4.87. The molecule has 0 unspecified atom stereocenters. The van der Waals surface area contributed by atoms with Gasteiger partial charge >= 0.3 is 6.18 Å². The number of aliphatic hydroxyl groups excluding tert-OH is 1. The number of alkyl halides is 3. The summed E-state index contributed by atoms with van der Waals surface area (Å²) in [5.41, 5.74) is 0.339. The number of halogens is 3. The molecule has 2 aliphatic heterocycles. The normalized spacial score (nSPS) is 24.2. The first-order valence-electron chi connectivity index (χ1n) is 11.6. The molecule has 196 valence electrons. The molecule has 2 saturated heterocycles. The number of pyridine rings is 1. The van der Waals surface area contributed by atoms with Crippen LogP contribution < -0.4 is 9.80 Å². The maximum Gasteiger partial charge on any atom is 0.416 e. The van der Waals surface area contributed by atoms with Crippen molar-refractivity contribution < 1.29 is 32.5 Å². The third kappa shape index (κ3) is 4.45. The number of amides is 1. The van der Waals surface area contributed by atoms with Crippen LogP contribution in [0.2, 0.25) is 0 Å². The molecule has 9 nitrogen and oxygen atoms in total. The summed E-state index contributed by atoms with van der Waals surface area (Å²) in [6, 6.07) is 7.83. The summed E-state index contributed by atoms with van der Waals surface area (Å²) in [4.78, 5) is 21.1. The van der Waals surface area contributed by atoms with Crippen LogP contribution in [0.4, 0.5) is 24.8 Å². The van der Waals surface area contributed by atoms with E-state index in [1.54, 1.807) is 36.7 Å². The van der Waals surface area contributed by atoms with Crippen LogP contribution in [0.3, 0.4) is 0 Å². The van der Waals surface area contributed by atoms with E-state index in [0.717, 1.165) is 17.6 Å².